The predicted octanol–water partition coefficient (Wildman–Crippen LogP) is 1.84. The maximum atomic E-state index is 12.2. The molecule has 122 valence electrons. The summed E-state index contributed by atoms with van der Waals surface area (Å²) in [5, 5.41) is 11.4. The van der Waals surface area contributed by atoms with Gasteiger partial charge in [0, 0.05) is 0 Å². The second-order valence-electron chi connectivity index (χ2n) is 5.08. The number of rotatable bonds is 4. The molecule has 2 heterocycles. The zero-order valence-electron chi connectivity index (χ0n) is 13.0. The van der Waals surface area contributed by atoms with Crippen LogP contribution in [-0.4, -0.2) is 23.0 Å². The first kappa shape index (κ1) is 15.9. The van der Waals surface area contributed by atoms with Crippen LogP contribution in [0.5, 0.6) is 5.75 Å². The highest BCUT2D eigenvalue weighted by Gasteiger charge is 2.14. The van der Waals surface area contributed by atoms with Crippen LogP contribution in [0.2, 0.25) is 0 Å². The normalized spacial score (nSPS) is 11.2. The molecule has 0 bridgehead atoms. The topological polar surface area (TPSA) is 95.1 Å². The molecule has 3 rings (SSSR count). The van der Waals surface area contributed by atoms with E-state index in [1.807, 2.05) is 24.3 Å². The van der Waals surface area contributed by atoms with Crippen LogP contribution in [-0.2, 0) is 0 Å². The zero-order chi connectivity index (χ0) is 17.3. The van der Waals surface area contributed by atoms with Crippen LogP contribution in [0, 0.1) is 6.92 Å². The van der Waals surface area contributed by atoms with Crippen LogP contribution in [0.15, 0.2) is 29.1 Å². The fourth-order valence-electron chi connectivity index (χ4n) is 2.35. The Bertz CT molecular complexity index is 1020. The number of carbonyl (C=O) groups is 1. The number of nitrogens with zero attached hydrogens (tertiary/aromatic N) is 1. The fraction of sp³-hybridized carbons (Fsp3) is 0.118. The maximum Gasteiger partial charge on any atom is 0.260 e. The van der Waals surface area contributed by atoms with Crippen molar-refractivity contribution in [1.82, 2.24) is 9.97 Å². The average Bonchev–Trinajstić information content (AvgIpc) is 2.90. The number of hydrogen-bond acceptors (Lipinski definition) is 6. The first-order valence-electron chi connectivity index (χ1n) is 7.06. The van der Waals surface area contributed by atoms with E-state index in [4.69, 9.17) is 4.74 Å². The lowest BCUT2D eigenvalue weighted by molar-refractivity contribution is -0.254. The quantitative estimate of drug-likeness (QED) is 0.781. The Hall–Kier alpha value is -2.93. The third-order valence-corrected chi connectivity index (χ3v) is 4.70. The van der Waals surface area contributed by atoms with Gasteiger partial charge < -0.3 is 19.6 Å². The molecule has 0 fully saturated rings. The van der Waals surface area contributed by atoms with Gasteiger partial charge in [-0.2, -0.15) is 0 Å². The molecule has 0 aliphatic heterocycles. The number of ether oxygens (including phenoxy) is 1. The Morgan fingerprint density at radius 3 is 2.88 bits per heavy atom. The lowest BCUT2D eigenvalue weighted by atomic mass is 10.2. The number of hydrogen-bond donors (Lipinski definition) is 1. The number of nitrogens with one attached hydrogen (secondary N) is 1. The maximum absolute atomic E-state index is 12.2. The Labute approximate surface area is 141 Å². The summed E-state index contributed by atoms with van der Waals surface area (Å²) in [6.07, 6.45) is 3.44. The molecule has 0 aliphatic carbocycles. The van der Waals surface area contributed by atoms with Crippen molar-refractivity contribution in [2.45, 2.75) is 6.92 Å². The number of carbonyl (C=O) groups excluding carboxylic acids is 1. The summed E-state index contributed by atoms with van der Waals surface area (Å²) in [5.41, 5.74) is 0.897. The fourth-order valence-corrected chi connectivity index (χ4v) is 3.38. The summed E-state index contributed by atoms with van der Waals surface area (Å²) in [6.45, 7) is 1.58. The predicted molar refractivity (Wildman–Crippen MR) is 91.2 cm³/mol. The first-order valence-corrected chi connectivity index (χ1v) is 7.88. The van der Waals surface area contributed by atoms with Crippen molar-refractivity contribution in [3.8, 4) is 5.75 Å². The molecule has 0 atom stereocenters. The lowest BCUT2D eigenvalue weighted by Gasteiger charge is -2.00. The van der Waals surface area contributed by atoms with E-state index in [-0.39, 0.29) is 15.8 Å². The van der Waals surface area contributed by atoms with E-state index in [0.717, 1.165) is 22.6 Å². The monoisotopic (exact) mass is 341 g/mol. The third-order valence-electron chi connectivity index (χ3n) is 3.53. The van der Waals surface area contributed by atoms with Gasteiger partial charge in [-0.15, -0.1) is 11.3 Å². The second-order valence-corrected chi connectivity index (χ2v) is 6.08. The number of fused-ring (bicyclic) bond motifs is 1. The standard InChI is InChI=1S/C17H14N2O4S/c1-9-13-15(20)18-12(19-16(13)24-14(9)17(21)22)7-6-10-4-3-5-11(8-10)23-2/h3-8H,1-2H3,(H,21,22)(H,18,19,20)/p-1/b7-6+. The van der Waals surface area contributed by atoms with Gasteiger partial charge in [0.2, 0.25) is 0 Å². The van der Waals surface area contributed by atoms with Crippen molar-refractivity contribution >= 4 is 39.7 Å². The van der Waals surface area contributed by atoms with E-state index >= 15 is 0 Å². The zero-order valence-corrected chi connectivity index (χ0v) is 13.8. The number of aryl methyl sites for hydroxylation is 1. The second kappa shape index (κ2) is 6.29. The first-order chi connectivity index (χ1) is 11.5. The summed E-state index contributed by atoms with van der Waals surface area (Å²) in [7, 11) is 1.59. The summed E-state index contributed by atoms with van der Waals surface area (Å²) in [4.78, 5) is 30.7. The van der Waals surface area contributed by atoms with Gasteiger partial charge in [-0.25, -0.2) is 4.98 Å². The van der Waals surface area contributed by atoms with Gasteiger partial charge in [0.25, 0.3) is 5.56 Å². The molecule has 0 spiro atoms. The summed E-state index contributed by atoms with van der Waals surface area (Å²) in [6, 6.07) is 7.42. The van der Waals surface area contributed by atoms with Gasteiger partial charge in [0.05, 0.1) is 23.3 Å². The number of H-pyrrole nitrogens is 1. The molecular formula is C17H13N2O4S-. The Morgan fingerprint density at radius 2 is 2.17 bits per heavy atom. The molecular weight excluding hydrogens is 328 g/mol. The Kier molecular flexibility index (Phi) is 4.18. The molecule has 0 unspecified atom stereocenters. The SMILES string of the molecule is COc1cccc(/C=C/c2nc3sc(C(=O)[O-])c(C)c3c(=O)[nH]2)c1. The molecule has 1 N–H and O–H groups in total. The van der Waals surface area contributed by atoms with Crippen molar-refractivity contribution in [2.24, 2.45) is 0 Å². The number of aromatic nitrogens is 2. The number of benzene rings is 1. The van der Waals surface area contributed by atoms with Gasteiger partial charge in [-0.1, -0.05) is 18.2 Å². The highest BCUT2D eigenvalue weighted by atomic mass is 32.1. The third kappa shape index (κ3) is 2.93. The highest BCUT2D eigenvalue weighted by molar-refractivity contribution is 7.20. The molecule has 0 saturated heterocycles. The number of carboxylic acid groups (broad SMARTS) is 1. The van der Waals surface area contributed by atoms with Crippen molar-refractivity contribution in [3.63, 3.8) is 0 Å². The number of aromatic carboxylic acids is 1. The van der Waals surface area contributed by atoms with Crippen LogP contribution in [0.3, 0.4) is 0 Å². The van der Waals surface area contributed by atoms with Crippen molar-refractivity contribution in [3.05, 3.63) is 56.4 Å². The number of methoxy groups -OCH3 is 1. The molecule has 0 aliphatic rings. The summed E-state index contributed by atoms with van der Waals surface area (Å²) < 4.78 is 5.15. The van der Waals surface area contributed by atoms with Crippen LogP contribution < -0.4 is 15.4 Å². The van der Waals surface area contributed by atoms with E-state index < -0.39 is 5.97 Å². The number of carboxylic acids is 1. The van der Waals surface area contributed by atoms with Gasteiger partial charge in [0.15, 0.2) is 0 Å². The molecule has 1 aromatic carbocycles. The van der Waals surface area contributed by atoms with Crippen molar-refractivity contribution in [1.29, 1.82) is 0 Å². The van der Waals surface area contributed by atoms with Gasteiger partial charge in [0.1, 0.15) is 16.4 Å². The summed E-state index contributed by atoms with van der Waals surface area (Å²) in [5.74, 6) is -0.230. The van der Waals surface area contributed by atoms with E-state index in [0.29, 0.717) is 16.2 Å². The number of aromatic amines is 1. The average molecular weight is 341 g/mol. The van der Waals surface area contributed by atoms with Gasteiger partial charge in [-0.3, -0.25) is 4.79 Å². The van der Waals surface area contributed by atoms with E-state index in [2.05, 4.69) is 9.97 Å². The molecule has 7 heteroatoms. The minimum Gasteiger partial charge on any atom is -0.544 e. The van der Waals surface area contributed by atoms with E-state index in [1.54, 1.807) is 26.2 Å². The Balaban J connectivity index is 2.03. The van der Waals surface area contributed by atoms with Crippen LogP contribution in [0.4, 0.5) is 0 Å². The van der Waals surface area contributed by atoms with E-state index in [1.165, 1.54) is 0 Å². The molecule has 0 radical (unpaired) electrons. The molecule has 0 saturated carbocycles. The molecule has 3 aromatic rings. The molecule has 2 aromatic heterocycles. The van der Waals surface area contributed by atoms with Gasteiger partial charge >= 0.3 is 0 Å². The molecule has 24 heavy (non-hydrogen) atoms. The van der Waals surface area contributed by atoms with Crippen LogP contribution >= 0.6 is 11.3 Å². The molecule has 0 amide bonds. The van der Waals surface area contributed by atoms with Crippen molar-refractivity contribution < 1.29 is 14.6 Å². The number of thiophene rings is 1. The van der Waals surface area contributed by atoms with Crippen LogP contribution in [0.25, 0.3) is 22.4 Å². The Morgan fingerprint density at radius 1 is 1.38 bits per heavy atom. The van der Waals surface area contributed by atoms with Crippen LogP contribution in [0.1, 0.15) is 26.6 Å². The molecule has 6 nitrogen and oxygen atoms in total. The minimum atomic E-state index is -1.30. The lowest BCUT2D eigenvalue weighted by Crippen LogP contribution is -2.21. The van der Waals surface area contributed by atoms with E-state index in [9.17, 15) is 14.7 Å². The van der Waals surface area contributed by atoms with Crippen molar-refractivity contribution in [2.75, 3.05) is 7.11 Å². The van der Waals surface area contributed by atoms with Gasteiger partial charge in [-0.05, 0) is 36.3 Å². The highest BCUT2D eigenvalue weighted by Crippen LogP contribution is 2.26. The smallest absolute Gasteiger partial charge is 0.260 e. The summed E-state index contributed by atoms with van der Waals surface area (Å²) >= 11 is 0.941. The minimum absolute atomic E-state index is 0.0249. The largest absolute Gasteiger partial charge is 0.544 e.